The number of halogens is 2. The van der Waals surface area contributed by atoms with Gasteiger partial charge in [-0.15, -0.1) is 9.36 Å². The number of hydrogen-bond acceptors (Lipinski definition) is 14. The average molecular weight is 975 g/mol. The quantitative estimate of drug-likeness (QED) is 0.0585. The van der Waals surface area contributed by atoms with Crippen molar-refractivity contribution in [2.75, 3.05) is 37.2 Å². The maximum absolute atomic E-state index is 14.8. The lowest BCUT2D eigenvalue weighted by Crippen LogP contribution is -2.42. The summed E-state index contributed by atoms with van der Waals surface area (Å²) in [5, 5.41) is 24.6. The highest BCUT2D eigenvalue weighted by molar-refractivity contribution is 5.98. The zero-order valence-corrected chi connectivity index (χ0v) is 38.3. The number of tetrazole rings is 2. The summed E-state index contributed by atoms with van der Waals surface area (Å²) in [6.45, 7) is 1.70. The minimum absolute atomic E-state index is 0.0151. The number of carboxylic acid groups (broad SMARTS) is 1. The second kappa shape index (κ2) is 21.1. The zero-order chi connectivity index (χ0) is 50.3. The first kappa shape index (κ1) is 48.4. The summed E-state index contributed by atoms with van der Waals surface area (Å²) < 4.78 is 53.8. The van der Waals surface area contributed by atoms with Crippen molar-refractivity contribution in [3.63, 3.8) is 0 Å². The number of benzene rings is 5. The average Bonchev–Trinajstić information content (AvgIpc) is 4.03. The van der Waals surface area contributed by atoms with Gasteiger partial charge in [-0.2, -0.15) is 9.36 Å². The number of methoxy groups -OCH3 is 2. The highest BCUT2D eigenvalue weighted by Crippen LogP contribution is 2.34. The van der Waals surface area contributed by atoms with Crippen LogP contribution in [0.1, 0.15) is 64.4 Å². The monoisotopic (exact) mass is 974 g/mol. The molecule has 0 radical (unpaired) electrons. The maximum Gasteiger partial charge on any atom is 0.377 e. The largest absolute Gasteiger partial charge is 0.494 e. The topological polar surface area (TPSA) is 237 Å². The van der Waals surface area contributed by atoms with E-state index < -0.39 is 47.0 Å². The van der Waals surface area contributed by atoms with Crippen LogP contribution < -0.4 is 35.4 Å². The minimum Gasteiger partial charge on any atom is -0.494 e. The van der Waals surface area contributed by atoms with E-state index >= 15 is 0 Å². The molecule has 5 aromatic carbocycles. The van der Waals surface area contributed by atoms with Crippen molar-refractivity contribution in [2.45, 2.75) is 51.7 Å². The number of ether oxygens (including phenoxy) is 4. The molecule has 2 heterocycles. The Morgan fingerprint density at radius 2 is 1.28 bits per heavy atom. The Morgan fingerprint density at radius 1 is 0.690 bits per heavy atom. The number of nitrogens with zero attached hydrogens (tertiary/aromatic N) is 10. The fraction of sp³-hybridized carbons (Fsp3) is 0.250. The van der Waals surface area contributed by atoms with Crippen LogP contribution in [-0.2, 0) is 17.8 Å². The summed E-state index contributed by atoms with van der Waals surface area (Å²) in [4.78, 5) is 81.9. The summed E-state index contributed by atoms with van der Waals surface area (Å²) in [5.74, 6) is -3.40. The van der Waals surface area contributed by atoms with Gasteiger partial charge in [-0.1, -0.05) is 42.5 Å². The normalized spacial score (nSPS) is 12.0. The van der Waals surface area contributed by atoms with E-state index in [1.54, 1.807) is 19.1 Å². The molecule has 0 aliphatic heterocycles. The number of rotatable bonds is 18. The fourth-order valence-electron chi connectivity index (χ4n) is 7.59. The van der Waals surface area contributed by atoms with Gasteiger partial charge in [0.15, 0.2) is 11.6 Å². The van der Waals surface area contributed by atoms with Gasteiger partial charge >= 0.3 is 35.4 Å². The number of anilines is 2. The molecule has 0 saturated heterocycles. The minimum atomic E-state index is -1.26. The van der Waals surface area contributed by atoms with Crippen LogP contribution in [0, 0.1) is 11.6 Å². The van der Waals surface area contributed by atoms with Crippen LogP contribution in [0.4, 0.5) is 29.7 Å². The number of carbonyl (C=O) groups excluding carboxylic acids is 3. The number of unbranched alkanes of at least 4 members (excludes halogenated alkanes) is 1. The van der Waals surface area contributed by atoms with Crippen molar-refractivity contribution in [3.8, 4) is 28.6 Å². The molecule has 2 amide bonds. The molecule has 0 atom stereocenters. The molecular formula is C48H44F2N10O11. The number of aromatic nitrogens is 8. The molecule has 1 aliphatic rings. The second-order valence-electron chi connectivity index (χ2n) is 15.9. The number of amides is 2. The Kier molecular flexibility index (Phi) is 14.4. The van der Waals surface area contributed by atoms with E-state index in [4.69, 9.17) is 18.9 Å². The van der Waals surface area contributed by atoms with Crippen LogP contribution in [0.3, 0.4) is 0 Å². The van der Waals surface area contributed by atoms with Crippen molar-refractivity contribution in [3.05, 3.63) is 158 Å². The molecule has 0 unspecified atom stereocenters. The molecule has 7 aromatic rings. The molecule has 1 saturated carbocycles. The first-order valence-corrected chi connectivity index (χ1v) is 22.1. The van der Waals surface area contributed by atoms with Crippen LogP contribution in [0.2, 0.25) is 0 Å². The molecule has 0 spiro atoms. The highest BCUT2D eigenvalue weighted by atomic mass is 19.1. The van der Waals surface area contributed by atoms with Crippen LogP contribution in [-0.4, -0.2) is 102 Å². The molecule has 23 heteroatoms. The van der Waals surface area contributed by atoms with Crippen LogP contribution in [0.5, 0.6) is 17.2 Å². The Bertz CT molecular complexity index is 3260. The molecule has 1 aliphatic carbocycles. The number of carbonyl (C=O) groups is 4. The molecule has 2 aromatic heterocycles. The number of esters is 1. The number of aromatic carboxylic acids is 1. The molecule has 366 valence electrons. The van der Waals surface area contributed by atoms with Crippen LogP contribution in [0.15, 0.2) is 113 Å². The van der Waals surface area contributed by atoms with Gasteiger partial charge < -0.3 is 24.1 Å². The van der Waals surface area contributed by atoms with E-state index in [0.29, 0.717) is 56.5 Å². The van der Waals surface area contributed by atoms with E-state index in [-0.39, 0.29) is 71.2 Å². The van der Waals surface area contributed by atoms with E-state index in [1.165, 1.54) is 73.7 Å². The Hall–Kier alpha value is -9.02. The van der Waals surface area contributed by atoms with Gasteiger partial charge in [-0.25, -0.2) is 37.5 Å². The maximum atomic E-state index is 14.8. The van der Waals surface area contributed by atoms with Crippen molar-refractivity contribution < 1.29 is 52.0 Å². The lowest BCUT2D eigenvalue weighted by atomic mass is 10.1. The fourth-order valence-corrected chi connectivity index (χ4v) is 7.59. The Labute approximate surface area is 401 Å². The molecule has 21 nitrogen and oxygen atoms in total. The predicted molar refractivity (Wildman–Crippen MR) is 248 cm³/mol. The summed E-state index contributed by atoms with van der Waals surface area (Å²) in [5.41, 5.74) is -0.652. The number of para-hydroxylation sites is 2. The molecule has 1 N–H and O–H groups in total. The van der Waals surface area contributed by atoms with E-state index in [2.05, 4.69) is 20.9 Å². The van der Waals surface area contributed by atoms with Gasteiger partial charge in [-0.3, -0.25) is 9.80 Å². The Balaban J connectivity index is 0.856. The Morgan fingerprint density at radius 3 is 1.86 bits per heavy atom. The van der Waals surface area contributed by atoms with Crippen molar-refractivity contribution >= 4 is 35.4 Å². The molecule has 0 bridgehead atoms. The lowest BCUT2D eigenvalue weighted by Gasteiger charge is -2.23. The van der Waals surface area contributed by atoms with Crippen molar-refractivity contribution in [2.24, 2.45) is 0 Å². The predicted octanol–water partition coefficient (Wildman–Crippen LogP) is 6.06. The smallest absolute Gasteiger partial charge is 0.377 e. The summed E-state index contributed by atoms with van der Waals surface area (Å²) in [6, 6.07) is 23.4. The summed E-state index contributed by atoms with van der Waals surface area (Å²) >= 11 is 0. The first-order chi connectivity index (χ1) is 34.3. The van der Waals surface area contributed by atoms with Crippen molar-refractivity contribution in [1.82, 2.24) is 39.6 Å². The third kappa shape index (κ3) is 10.2. The van der Waals surface area contributed by atoms with Gasteiger partial charge in [0.1, 0.15) is 35.2 Å². The summed E-state index contributed by atoms with van der Waals surface area (Å²) in [7, 11) is 2.58. The van der Waals surface area contributed by atoms with E-state index in [0.717, 1.165) is 28.2 Å². The van der Waals surface area contributed by atoms with Gasteiger partial charge in [0.25, 0.3) is 0 Å². The van der Waals surface area contributed by atoms with Gasteiger partial charge in [0, 0.05) is 18.3 Å². The number of carboxylic acids is 1. The van der Waals surface area contributed by atoms with E-state index in [1.807, 2.05) is 24.3 Å². The zero-order valence-electron chi connectivity index (χ0n) is 38.3. The first-order valence-electron chi connectivity index (χ1n) is 22.1. The third-order valence-electron chi connectivity index (χ3n) is 11.3. The summed E-state index contributed by atoms with van der Waals surface area (Å²) in [6.07, 6.45) is 3.16. The molecular weight excluding hydrogens is 931 g/mol. The van der Waals surface area contributed by atoms with Crippen LogP contribution >= 0.6 is 0 Å². The van der Waals surface area contributed by atoms with E-state index in [9.17, 15) is 42.7 Å². The van der Waals surface area contributed by atoms with Gasteiger partial charge in [-0.05, 0) is 132 Å². The van der Waals surface area contributed by atoms with Crippen molar-refractivity contribution in [1.29, 1.82) is 0 Å². The highest BCUT2D eigenvalue weighted by Gasteiger charge is 2.37. The standard InChI is InChI=1S/C48H44F2N10O11/c1-4-55(45(64)59-47(66)57(51-53-59)41-35(49)13-8-15-39(41)68-2)37-27-31(43(61)62)21-24-38(37)70-25-6-5-10-29-17-19-30(20-18-29)28-71-44(63)32-11-7-12-34(26-32)56(33-22-23-33)46(65)60-48(67)58(52-54-60)42-36(50)14-9-16-40(42)69-3/h7-9,11-21,24,26-27,33H,4-6,10,22-23,25,28H2,1-3H3,(H,61,62). The van der Waals surface area contributed by atoms with Crippen LogP contribution in [0.25, 0.3) is 11.4 Å². The lowest BCUT2D eigenvalue weighted by molar-refractivity contribution is 0.0472. The van der Waals surface area contributed by atoms with Gasteiger partial charge in [0.05, 0.1) is 37.6 Å². The molecule has 71 heavy (non-hydrogen) atoms. The number of aryl methyl sites for hydroxylation is 1. The third-order valence-corrected chi connectivity index (χ3v) is 11.3. The SMILES string of the molecule is CCN(C(=O)n1nnn(-c2c(F)cccc2OC)c1=O)c1cc(C(=O)O)ccc1OCCCCc1ccc(COC(=O)c2cccc(N(C(=O)n3nnn(-c4c(F)cccc4OC)c3=O)C3CC3)c2)cc1. The molecule has 8 rings (SSSR count). The number of hydrogen-bond donors (Lipinski definition) is 1. The second-order valence-corrected chi connectivity index (χ2v) is 15.9. The molecule has 1 fully saturated rings. The van der Waals surface area contributed by atoms with Gasteiger partial charge in [0.2, 0.25) is 0 Å².